The fourth-order valence-electron chi connectivity index (χ4n) is 0.984. The molecule has 0 bridgehead atoms. The van der Waals surface area contributed by atoms with Crippen LogP contribution >= 0.6 is 0 Å². The van der Waals surface area contributed by atoms with Crippen molar-refractivity contribution in [2.75, 3.05) is 13.2 Å². The third-order valence-corrected chi connectivity index (χ3v) is 1.82. The molecule has 0 aliphatic carbocycles. The zero-order valence-corrected chi connectivity index (χ0v) is 8.79. The van der Waals surface area contributed by atoms with Crippen LogP contribution in [-0.4, -0.2) is 51.5 Å². The van der Waals surface area contributed by atoms with Crippen molar-refractivity contribution in [3.8, 4) is 0 Å². The predicted molar refractivity (Wildman–Crippen MR) is 53.0 cm³/mol. The number of rotatable bonds is 6. The lowest BCUT2D eigenvalue weighted by atomic mass is 10.3. The van der Waals surface area contributed by atoms with Crippen molar-refractivity contribution in [3.63, 3.8) is 0 Å². The molecule has 1 heterocycles. The molecular weight excluding hydrogens is 232 g/mol. The number of aromatic nitrogens is 2. The molecule has 9 heteroatoms. The molecule has 1 atom stereocenters. The molecule has 4 N–H and O–H groups in total. The van der Waals surface area contributed by atoms with E-state index in [0.29, 0.717) is 12.3 Å². The third kappa shape index (κ3) is 4.47. The van der Waals surface area contributed by atoms with Crippen LogP contribution < -0.4 is 10.6 Å². The number of carbonyl (C=O) groups excluding carboxylic acids is 1. The van der Waals surface area contributed by atoms with Gasteiger partial charge in [-0.2, -0.15) is 4.98 Å². The Morgan fingerprint density at radius 3 is 2.82 bits per heavy atom. The Bertz CT molecular complexity index is 366. The molecule has 2 amide bonds. The number of carboxylic acid groups (broad SMARTS) is 1. The lowest BCUT2D eigenvalue weighted by Crippen LogP contribution is -2.48. The molecule has 1 aromatic rings. The maximum atomic E-state index is 11.2. The van der Waals surface area contributed by atoms with Crippen LogP contribution in [0.2, 0.25) is 0 Å². The molecule has 0 aliphatic rings. The van der Waals surface area contributed by atoms with Gasteiger partial charge in [-0.25, -0.2) is 9.59 Å². The van der Waals surface area contributed by atoms with Gasteiger partial charge in [0.25, 0.3) is 0 Å². The van der Waals surface area contributed by atoms with Gasteiger partial charge in [0.15, 0.2) is 12.4 Å². The molecule has 17 heavy (non-hydrogen) atoms. The Balaban J connectivity index is 2.23. The van der Waals surface area contributed by atoms with E-state index in [9.17, 15) is 9.59 Å². The minimum atomic E-state index is -1.32. The second-order valence-electron chi connectivity index (χ2n) is 3.06. The number of carboxylic acids is 1. The van der Waals surface area contributed by atoms with Gasteiger partial charge in [0, 0.05) is 13.0 Å². The lowest BCUT2D eigenvalue weighted by molar-refractivity contribution is -0.140. The molecule has 0 spiro atoms. The third-order valence-electron chi connectivity index (χ3n) is 1.82. The van der Waals surface area contributed by atoms with E-state index in [1.807, 2.05) is 0 Å². The highest BCUT2D eigenvalue weighted by molar-refractivity contribution is 5.82. The van der Waals surface area contributed by atoms with Crippen molar-refractivity contribution in [1.82, 2.24) is 20.8 Å². The summed E-state index contributed by atoms with van der Waals surface area (Å²) in [6, 6.07) is -2.01. The van der Waals surface area contributed by atoms with Gasteiger partial charge in [-0.3, -0.25) is 0 Å². The molecule has 94 valence electrons. The van der Waals surface area contributed by atoms with Crippen LogP contribution in [0.4, 0.5) is 4.79 Å². The Morgan fingerprint density at radius 2 is 2.29 bits per heavy atom. The van der Waals surface area contributed by atoms with Crippen LogP contribution in [0.15, 0.2) is 10.9 Å². The SMILES string of the molecule is O=C(NCCc1ncno1)N[C@@H](CO)C(=O)O. The molecule has 0 unspecified atom stereocenters. The van der Waals surface area contributed by atoms with E-state index < -0.39 is 24.6 Å². The second kappa shape index (κ2) is 6.43. The first-order valence-electron chi connectivity index (χ1n) is 4.77. The van der Waals surface area contributed by atoms with Gasteiger partial charge >= 0.3 is 12.0 Å². The largest absolute Gasteiger partial charge is 0.480 e. The normalized spacial score (nSPS) is 11.8. The molecule has 0 aliphatic heterocycles. The van der Waals surface area contributed by atoms with Crippen LogP contribution in [0.3, 0.4) is 0 Å². The van der Waals surface area contributed by atoms with E-state index in [4.69, 9.17) is 10.2 Å². The van der Waals surface area contributed by atoms with Crippen molar-refractivity contribution in [3.05, 3.63) is 12.2 Å². The Kier molecular flexibility index (Phi) is 4.88. The van der Waals surface area contributed by atoms with Crippen molar-refractivity contribution in [2.45, 2.75) is 12.5 Å². The minimum absolute atomic E-state index is 0.214. The van der Waals surface area contributed by atoms with Gasteiger partial charge in [-0.15, -0.1) is 0 Å². The molecule has 1 rings (SSSR count). The van der Waals surface area contributed by atoms with Gasteiger partial charge in [0.2, 0.25) is 5.89 Å². The second-order valence-corrected chi connectivity index (χ2v) is 3.06. The van der Waals surface area contributed by atoms with Gasteiger partial charge in [-0.05, 0) is 0 Å². The smallest absolute Gasteiger partial charge is 0.328 e. The summed E-state index contributed by atoms with van der Waals surface area (Å²) >= 11 is 0. The molecule has 0 fully saturated rings. The van der Waals surface area contributed by atoms with Crippen LogP contribution in [-0.2, 0) is 11.2 Å². The summed E-state index contributed by atoms with van der Waals surface area (Å²) in [6.07, 6.45) is 1.58. The van der Waals surface area contributed by atoms with E-state index in [1.165, 1.54) is 6.33 Å². The van der Waals surface area contributed by atoms with Crippen LogP contribution in [0.1, 0.15) is 5.89 Å². The zero-order valence-electron chi connectivity index (χ0n) is 8.79. The number of aliphatic hydroxyl groups excluding tert-OH is 1. The molecule has 9 nitrogen and oxygen atoms in total. The number of nitrogens with one attached hydrogen (secondary N) is 2. The fourth-order valence-corrected chi connectivity index (χ4v) is 0.984. The van der Waals surface area contributed by atoms with Crippen LogP contribution in [0.25, 0.3) is 0 Å². The molecule has 0 saturated carbocycles. The maximum Gasteiger partial charge on any atom is 0.328 e. The first-order valence-corrected chi connectivity index (χ1v) is 4.77. The predicted octanol–water partition coefficient (Wildman–Crippen LogP) is -1.64. The number of carbonyl (C=O) groups is 2. The van der Waals surface area contributed by atoms with Crippen LogP contribution in [0, 0.1) is 0 Å². The van der Waals surface area contributed by atoms with Gasteiger partial charge < -0.3 is 25.4 Å². The zero-order chi connectivity index (χ0) is 12.7. The molecule has 1 aromatic heterocycles. The minimum Gasteiger partial charge on any atom is -0.480 e. The quantitative estimate of drug-likeness (QED) is 0.470. The van der Waals surface area contributed by atoms with Crippen molar-refractivity contribution >= 4 is 12.0 Å². The average Bonchev–Trinajstić information content (AvgIpc) is 2.78. The first kappa shape index (κ1) is 12.9. The summed E-state index contributed by atoms with van der Waals surface area (Å²) in [6.45, 7) is -0.460. The lowest BCUT2D eigenvalue weighted by Gasteiger charge is -2.11. The van der Waals surface area contributed by atoms with Crippen LogP contribution in [0.5, 0.6) is 0 Å². The number of hydrogen-bond donors (Lipinski definition) is 4. The van der Waals surface area contributed by atoms with E-state index in [2.05, 4.69) is 25.3 Å². The Morgan fingerprint density at radius 1 is 1.53 bits per heavy atom. The summed E-state index contributed by atoms with van der Waals surface area (Å²) in [5.74, 6) is -0.943. The van der Waals surface area contributed by atoms with E-state index >= 15 is 0 Å². The number of urea groups is 1. The number of aliphatic hydroxyl groups is 1. The standard InChI is InChI=1S/C8H12N4O5/c13-3-5(7(14)15)12-8(16)9-2-1-6-10-4-11-17-6/h4-5,13H,1-3H2,(H,14,15)(H2,9,12,16)/t5-/m0/s1. The summed E-state index contributed by atoms with van der Waals surface area (Å²) in [5.41, 5.74) is 0. The highest BCUT2D eigenvalue weighted by Gasteiger charge is 2.18. The molecular formula is C8H12N4O5. The summed E-state index contributed by atoms with van der Waals surface area (Å²) in [7, 11) is 0. The highest BCUT2D eigenvalue weighted by Crippen LogP contribution is 1.90. The number of aliphatic carboxylic acids is 1. The molecule has 0 aromatic carbocycles. The molecule has 0 saturated heterocycles. The summed E-state index contributed by atoms with van der Waals surface area (Å²) in [5, 5.41) is 25.1. The first-order chi connectivity index (χ1) is 8.13. The fraction of sp³-hybridized carbons (Fsp3) is 0.500. The Hall–Kier alpha value is -2.16. The van der Waals surface area contributed by atoms with Crippen molar-refractivity contribution in [1.29, 1.82) is 0 Å². The number of hydrogen-bond acceptors (Lipinski definition) is 6. The average molecular weight is 244 g/mol. The highest BCUT2D eigenvalue weighted by atomic mass is 16.5. The van der Waals surface area contributed by atoms with Gasteiger partial charge in [-0.1, -0.05) is 5.16 Å². The number of nitrogens with zero attached hydrogens (tertiary/aromatic N) is 2. The molecule has 0 radical (unpaired) electrons. The topological polar surface area (TPSA) is 138 Å². The Labute approximate surface area is 95.8 Å². The number of amides is 2. The monoisotopic (exact) mass is 244 g/mol. The van der Waals surface area contributed by atoms with E-state index in [0.717, 1.165) is 0 Å². The van der Waals surface area contributed by atoms with Crippen molar-refractivity contribution in [2.24, 2.45) is 0 Å². The summed E-state index contributed by atoms with van der Waals surface area (Å²) in [4.78, 5) is 25.4. The van der Waals surface area contributed by atoms with Gasteiger partial charge in [0.1, 0.15) is 0 Å². The van der Waals surface area contributed by atoms with E-state index in [-0.39, 0.29) is 6.54 Å². The van der Waals surface area contributed by atoms with Crippen molar-refractivity contribution < 1.29 is 24.3 Å². The summed E-state index contributed by atoms with van der Waals surface area (Å²) < 4.78 is 4.69. The maximum absolute atomic E-state index is 11.2. The van der Waals surface area contributed by atoms with E-state index in [1.54, 1.807) is 0 Å². The van der Waals surface area contributed by atoms with Gasteiger partial charge in [0.05, 0.1) is 6.61 Å².